The summed E-state index contributed by atoms with van der Waals surface area (Å²) in [6.07, 6.45) is 1.81. The van der Waals surface area contributed by atoms with Gasteiger partial charge in [0.15, 0.2) is 0 Å². The molecule has 10 amide bonds. The highest BCUT2D eigenvalue weighted by molar-refractivity contribution is 5.96. The van der Waals surface area contributed by atoms with Gasteiger partial charge in [-0.15, -0.1) is 0 Å². The van der Waals surface area contributed by atoms with Gasteiger partial charge in [-0.1, -0.05) is 20.8 Å². The third kappa shape index (κ3) is 20.7. The van der Waals surface area contributed by atoms with Crippen molar-refractivity contribution in [2.75, 3.05) is 52.4 Å². The van der Waals surface area contributed by atoms with Crippen LogP contribution in [0.2, 0.25) is 0 Å². The molecule has 2 rings (SSSR count). The summed E-state index contributed by atoms with van der Waals surface area (Å²) >= 11 is 0. The molecule has 63 heavy (non-hydrogen) atoms. The summed E-state index contributed by atoms with van der Waals surface area (Å²) in [7, 11) is 0. The van der Waals surface area contributed by atoms with Crippen molar-refractivity contribution in [3.63, 3.8) is 0 Å². The van der Waals surface area contributed by atoms with Crippen LogP contribution in [0, 0.1) is 5.92 Å². The fourth-order valence-corrected chi connectivity index (χ4v) is 6.53. The van der Waals surface area contributed by atoms with Gasteiger partial charge in [0.2, 0.25) is 59.1 Å². The van der Waals surface area contributed by atoms with E-state index in [1.807, 2.05) is 0 Å². The zero-order valence-corrected chi connectivity index (χ0v) is 37.8. The van der Waals surface area contributed by atoms with Crippen LogP contribution in [-0.4, -0.2) is 173 Å². The summed E-state index contributed by atoms with van der Waals surface area (Å²) < 4.78 is 0. The van der Waals surface area contributed by atoms with Gasteiger partial charge in [-0.2, -0.15) is 0 Å². The molecule has 0 aliphatic carbocycles. The van der Waals surface area contributed by atoms with Gasteiger partial charge >= 0.3 is 5.97 Å². The number of primary amides is 1. The number of carboxylic acid groups (broad SMARTS) is 1. The maximum absolute atomic E-state index is 13.3. The number of carbonyl (C=O) groups excluding carboxylic acids is 10. The molecule has 0 spiro atoms. The number of carbonyl (C=O) groups is 11. The van der Waals surface area contributed by atoms with Gasteiger partial charge in [-0.05, 0) is 79.2 Å². The average molecular weight is 896 g/mol. The molecule has 2 aliphatic heterocycles. The molecule has 2 aliphatic rings. The maximum Gasteiger partial charge on any atom is 0.322 e. The summed E-state index contributed by atoms with van der Waals surface area (Å²) in [6, 6.07) is -4.75. The number of nitrogens with two attached hydrogens (primary N) is 1. The minimum Gasteiger partial charge on any atom is -0.480 e. The minimum absolute atomic E-state index is 0.188. The molecule has 0 aromatic rings. The van der Waals surface area contributed by atoms with Crippen LogP contribution in [0.5, 0.6) is 0 Å². The maximum atomic E-state index is 13.3. The van der Waals surface area contributed by atoms with Crippen molar-refractivity contribution in [3.05, 3.63) is 0 Å². The molecule has 0 saturated carbocycles. The fraction of sp³-hybridized carbons (Fsp3) is 0.725. The monoisotopic (exact) mass is 896 g/mol. The Morgan fingerprint density at radius 1 is 0.698 bits per heavy atom. The van der Waals surface area contributed by atoms with E-state index < -0.39 is 135 Å². The first-order valence-corrected chi connectivity index (χ1v) is 21.3. The lowest BCUT2D eigenvalue weighted by molar-refractivity contribution is -0.143. The number of amides is 10. The van der Waals surface area contributed by atoms with Crippen molar-refractivity contribution in [3.8, 4) is 0 Å². The van der Waals surface area contributed by atoms with Crippen LogP contribution in [0.15, 0.2) is 0 Å². The Morgan fingerprint density at radius 3 is 1.86 bits per heavy atom. The third-order valence-electron chi connectivity index (χ3n) is 9.58. The SMILES string of the molecule is CC(C)C.CC(C)N(CC(=O)NCC(=O)N(C(C)C)C(C)C(=O)NCC(=O)N1CCCC1C(=O)NCC(=O)O)C(=O)CNC(=O)C(CCC(N)=O)NC(=O)CNC(=O)C1CCCN1. The molecule has 10 N–H and O–H groups in total. The number of rotatable bonds is 23. The third-order valence-corrected chi connectivity index (χ3v) is 9.58. The molecule has 2 fully saturated rings. The highest BCUT2D eigenvalue weighted by Crippen LogP contribution is 2.17. The standard InChI is InChI=1S/C36H59N11O12.C4H10/c1-20(2)46(30(52)16-42-35(58)24(10-11-26(37)48)44-27(49)14-40-34(57)23-8-6-12-38-23)19-28(50)39-17-31(53)47(21(3)4)22(5)33(56)41-15-29(51)45-13-7-9-25(45)36(59)43-18-32(54)55;1-4(2)3/h20-25,38H,6-19H2,1-5H3,(H2,37,48)(H,39,50)(H,40,57)(H,41,56)(H,42,58)(H,43,59)(H,44,49)(H,54,55);4H,1-3H3. The summed E-state index contributed by atoms with van der Waals surface area (Å²) in [4.78, 5) is 141. The van der Waals surface area contributed by atoms with E-state index >= 15 is 0 Å². The smallest absolute Gasteiger partial charge is 0.322 e. The van der Waals surface area contributed by atoms with Gasteiger partial charge in [0, 0.05) is 25.0 Å². The number of hydrogen-bond donors (Lipinski definition) is 9. The largest absolute Gasteiger partial charge is 0.480 e. The van der Waals surface area contributed by atoms with E-state index in [1.165, 1.54) is 16.7 Å². The van der Waals surface area contributed by atoms with Crippen LogP contribution in [0.25, 0.3) is 0 Å². The number of likely N-dealkylation sites (tertiary alicyclic amines) is 1. The predicted octanol–water partition coefficient (Wildman–Crippen LogP) is -3.33. The van der Waals surface area contributed by atoms with Gasteiger partial charge in [-0.25, -0.2) is 0 Å². The van der Waals surface area contributed by atoms with Gasteiger partial charge in [0.25, 0.3) is 0 Å². The van der Waals surface area contributed by atoms with Crippen molar-refractivity contribution in [1.29, 1.82) is 0 Å². The molecule has 2 saturated heterocycles. The number of nitrogens with one attached hydrogen (secondary N) is 7. The van der Waals surface area contributed by atoms with Crippen molar-refractivity contribution in [2.24, 2.45) is 11.7 Å². The van der Waals surface area contributed by atoms with E-state index in [2.05, 4.69) is 58.0 Å². The lowest BCUT2D eigenvalue weighted by Gasteiger charge is -2.32. The van der Waals surface area contributed by atoms with Crippen molar-refractivity contribution < 1.29 is 57.8 Å². The van der Waals surface area contributed by atoms with E-state index in [1.54, 1.807) is 27.7 Å². The lowest BCUT2D eigenvalue weighted by atomic mass is 10.1. The molecule has 0 aromatic carbocycles. The lowest BCUT2D eigenvalue weighted by Crippen LogP contribution is -2.56. The topological polar surface area (TPSA) is 328 Å². The second-order valence-corrected chi connectivity index (χ2v) is 16.5. The normalized spacial score (nSPS) is 16.5. The first-order valence-electron chi connectivity index (χ1n) is 21.3. The Kier molecular flexibility index (Phi) is 24.5. The van der Waals surface area contributed by atoms with E-state index in [-0.39, 0.29) is 25.3 Å². The van der Waals surface area contributed by atoms with Crippen LogP contribution < -0.4 is 43.0 Å². The van der Waals surface area contributed by atoms with E-state index in [0.717, 1.165) is 17.2 Å². The van der Waals surface area contributed by atoms with Crippen molar-refractivity contribution >= 4 is 65.0 Å². The highest BCUT2D eigenvalue weighted by Gasteiger charge is 2.35. The molecular formula is C40H69N11O12. The van der Waals surface area contributed by atoms with E-state index in [0.29, 0.717) is 25.8 Å². The summed E-state index contributed by atoms with van der Waals surface area (Å²) in [5.41, 5.74) is 5.23. The van der Waals surface area contributed by atoms with Gasteiger partial charge < -0.3 is 62.8 Å². The first-order chi connectivity index (χ1) is 29.5. The van der Waals surface area contributed by atoms with Crippen LogP contribution >= 0.6 is 0 Å². The average Bonchev–Trinajstić information content (AvgIpc) is 3.93. The molecule has 0 aromatic heterocycles. The van der Waals surface area contributed by atoms with Crippen LogP contribution in [-0.2, 0) is 52.7 Å². The molecule has 356 valence electrons. The Morgan fingerprint density at radius 2 is 1.30 bits per heavy atom. The van der Waals surface area contributed by atoms with Gasteiger partial charge in [0.1, 0.15) is 24.7 Å². The van der Waals surface area contributed by atoms with E-state index in [9.17, 15) is 52.7 Å². The predicted molar refractivity (Wildman–Crippen MR) is 228 cm³/mol. The molecule has 23 nitrogen and oxygen atoms in total. The molecule has 2 heterocycles. The number of carboxylic acids is 1. The minimum atomic E-state index is -1.28. The highest BCUT2D eigenvalue weighted by atomic mass is 16.4. The Hall–Kier alpha value is -5.87. The summed E-state index contributed by atoms with van der Waals surface area (Å²) in [6.45, 7) is 12.2. The molecule has 4 unspecified atom stereocenters. The zero-order valence-electron chi connectivity index (χ0n) is 37.8. The van der Waals surface area contributed by atoms with Crippen LogP contribution in [0.4, 0.5) is 0 Å². The Labute approximate surface area is 368 Å². The second-order valence-electron chi connectivity index (χ2n) is 16.5. The Balaban J connectivity index is 0.00000474. The molecule has 4 atom stereocenters. The van der Waals surface area contributed by atoms with Crippen LogP contribution in [0.3, 0.4) is 0 Å². The molecule has 0 bridgehead atoms. The fourth-order valence-electron chi connectivity index (χ4n) is 6.53. The Bertz CT molecular complexity index is 1630. The van der Waals surface area contributed by atoms with Crippen LogP contribution in [0.1, 0.15) is 93.9 Å². The van der Waals surface area contributed by atoms with Crippen molar-refractivity contribution in [1.82, 2.24) is 51.9 Å². The quantitative estimate of drug-likeness (QED) is 0.0486. The summed E-state index contributed by atoms with van der Waals surface area (Å²) in [5, 5.41) is 26.3. The second kappa shape index (κ2) is 27.9. The molecule has 0 radical (unpaired) electrons. The van der Waals surface area contributed by atoms with Gasteiger partial charge in [-0.3, -0.25) is 52.7 Å². The number of nitrogens with zero attached hydrogens (tertiary/aromatic N) is 3. The number of aliphatic carboxylic acids is 1. The molecular weight excluding hydrogens is 827 g/mol. The summed E-state index contributed by atoms with van der Waals surface area (Å²) in [5.74, 6) is -6.97. The first kappa shape index (κ1) is 55.1. The molecule has 23 heteroatoms. The zero-order chi connectivity index (χ0) is 48.0. The number of hydrogen-bond acceptors (Lipinski definition) is 12. The van der Waals surface area contributed by atoms with E-state index in [4.69, 9.17) is 10.8 Å². The van der Waals surface area contributed by atoms with Crippen molar-refractivity contribution in [2.45, 2.75) is 130 Å². The van der Waals surface area contributed by atoms with Gasteiger partial charge in [0.05, 0.1) is 38.8 Å².